The van der Waals surface area contributed by atoms with Gasteiger partial charge in [-0.25, -0.2) is 18.4 Å². The number of anilines is 4. The second-order valence-corrected chi connectivity index (χ2v) is 13.5. The molecule has 2 aromatic carbocycles. The highest BCUT2D eigenvalue weighted by Gasteiger charge is 2.22. The molecule has 0 radical (unpaired) electrons. The maximum Gasteiger partial charge on any atom is 0.387 e. The molecule has 45 heavy (non-hydrogen) atoms. The fourth-order valence-corrected chi connectivity index (χ4v) is 5.71. The Hall–Kier alpha value is -4.56. The van der Waals surface area contributed by atoms with Gasteiger partial charge in [0.15, 0.2) is 15.6 Å². The van der Waals surface area contributed by atoms with Crippen LogP contribution in [0.15, 0.2) is 66.3 Å². The molecule has 11 nitrogen and oxygen atoms in total. The van der Waals surface area contributed by atoms with Crippen LogP contribution in [0.25, 0.3) is 22.2 Å². The molecule has 14 heteroatoms. The molecule has 1 amide bonds. The number of halogens is 2. The number of ether oxygens (including phenoxy) is 1. The van der Waals surface area contributed by atoms with Gasteiger partial charge in [0.1, 0.15) is 0 Å². The van der Waals surface area contributed by atoms with Gasteiger partial charge in [0.25, 0.3) is 0 Å². The van der Waals surface area contributed by atoms with Crippen molar-refractivity contribution in [2.45, 2.75) is 30.6 Å². The van der Waals surface area contributed by atoms with Crippen LogP contribution in [-0.2, 0) is 21.7 Å². The lowest BCUT2D eigenvalue weighted by atomic mass is 10.1. The van der Waals surface area contributed by atoms with E-state index in [4.69, 9.17) is 4.74 Å². The number of amides is 1. The fourth-order valence-electron chi connectivity index (χ4n) is 4.64. The number of nitrogens with one attached hydrogen (secondary N) is 2. The molecule has 0 saturated carbocycles. The second-order valence-electron chi connectivity index (χ2n) is 11.0. The lowest BCUT2D eigenvalue weighted by molar-refractivity contribution is -0.111. The fraction of sp³-hybridized carbons (Fsp3) is 0.323. The standard InChI is InChI=1S/C31H37F2N7O4S/c1-8-29(41)35-24-16-25(28(44-30(32)33)17-27(24)39(6)14-13-38(4)5)37-31-34-12-11-23(36-31)22-18-40(7)26-15-20(9-10-21(22)26)45(42,43)19(2)3/h8-12,15-19,30H,1,13-14H2,2-7H3,(H,35,41)(H,34,36,37). The summed E-state index contributed by atoms with van der Waals surface area (Å²) in [7, 11) is 3.93. The van der Waals surface area contributed by atoms with E-state index < -0.39 is 27.6 Å². The van der Waals surface area contributed by atoms with Crippen molar-refractivity contribution < 1.29 is 26.7 Å². The van der Waals surface area contributed by atoms with Crippen molar-refractivity contribution in [3.63, 3.8) is 0 Å². The number of carbonyl (C=O) groups excluding carboxylic acids is 1. The molecule has 0 unspecified atom stereocenters. The van der Waals surface area contributed by atoms with Crippen LogP contribution in [-0.4, -0.2) is 79.9 Å². The highest BCUT2D eigenvalue weighted by atomic mass is 32.2. The molecule has 0 aliphatic carbocycles. The first-order valence-corrected chi connectivity index (χ1v) is 15.6. The zero-order valence-electron chi connectivity index (χ0n) is 26.0. The van der Waals surface area contributed by atoms with Crippen molar-refractivity contribution in [2.24, 2.45) is 7.05 Å². The number of aryl methyl sites for hydroxylation is 1. The number of fused-ring (bicyclic) bond motifs is 1. The zero-order valence-corrected chi connectivity index (χ0v) is 26.8. The van der Waals surface area contributed by atoms with Crippen molar-refractivity contribution in [3.8, 4) is 17.0 Å². The number of likely N-dealkylation sites (N-methyl/N-ethyl adjacent to an activating group) is 2. The summed E-state index contributed by atoms with van der Waals surface area (Å²) >= 11 is 0. The van der Waals surface area contributed by atoms with Crippen LogP contribution in [0.3, 0.4) is 0 Å². The van der Waals surface area contributed by atoms with Gasteiger partial charge in [-0.15, -0.1) is 0 Å². The van der Waals surface area contributed by atoms with Gasteiger partial charge in [-0.3, -0.25) is 4.79 Å². The second kappa shape index (κ2) is 13.6. The summed E-state index contributed by atoms with van der Waals surface area (Å²) in [4.78, 5) is 25.2. The van der Waals surface area contributed by atoms with E-state index in [2.05, 4.69) is 27.2 Å². The van der Waals surface area contributed by atoms with Crippen LogP contribution < -0.4 is 20.3 Å². The summed E-state index contributed by atoms with van der Waals surface area (Å²) in [6, 6.07) is 9.54. The van der Waals surface area contributed by atoms with Crippen molar-refractivity contribution in [2.75, 3.05) is 49.8 Å². The molecule has 0 spiro atoms. The quantitative estimate of drug-likeness (QED) is 0.188. The van der Waals surface area contributed by atoms with Gasteiger partial charge < -0.3 is 29.7 Å². The lowest BCUT2D eigenvalue weighted by Crippen LogP contribution is -2.29. The normalized spacial score (nSPS) is 11.8. The largest absolute Gasteiger partial charge is 0.433 e. The average molecular weight is 642 g/mol. The highest BCUT2D eigenvalue weighted by molar-refractivity contribution is 7.92. The molecule has 0 saturated heterocycles. The molecule has 2 aromatic heterocycles. The minimum absolute atomic E-state index is 0.0809. The Morgan fingerprint density at radius 2 is 1.84 bits per heavy atom. The molecular formula is C31H37F2N7O4S. The van der Waals surface area contributed by atoms with Crippen LogP contribution >= 0.6 is 0 Å². The number of alkyl halides is 2. The van der Waals surface area contributed by atoms with Gasteiger partial charge >= 0.3 is 6.61 Å². The monoisotopic (exact) mass is 641 g/mol. The molecule has 0 bridgehead atoms. The van der Waals surface area contributed by atoms with Gasteiger partial charge in [0.2, 0.25) is 11.9 Å². The Labute approximate surface area is 261 Å². The molecule has 0 atom stereocenters. The molecule has 4 rings (SSSR count). The number of rotatable bonds is 13. The van der Waals surface area contributed by atoms with Crippen LogP contribution in [0, 0.1) is 0 Å². The minimum atomic E-state index is -3.47. The van der Waals surface area contributed by atoms with Gasteiger partial charge in [0.05, 0.1) is 32.9 Å². The third-order valence-corrected chi connectivity index (χ3v) is 9.29. The first-order chi connectivity index (χ1) is 21.2. The minimum Gasteiger partial charge on any atom is -0.433 e. The molecule has 2 N–H and O–H groups in total. The molecule has 0 aliphatic rings. The Bertz CT molecular complexity index is 1820. The summed E-state index contributed by atoms with van der Waals surface area (Å²) < 4.78 is 59.3. The van der Waals surface area contributed by atoms with Crippen LogP contribution in [0.2, 0.25) is 0 Å². The van der Waals surface area contributed by atoms with Gasteiger partial charge in [-0.1, -0.05) is 12.6 Å². The first-order valence-electron chi connectivity index (χ1n) is 14.1. The Morgan fingerprint density at radius 3 is 2.49 bits per heavy atom. The summed E-state index contributed by atoms with van der Waals surface area (Å²) in [6.07, 6.45) is 4.45. The van der Waals surface area contributed by atoms with Crippen molar-refractivity contribution in [3.05, 3.63) is 61.4 Å². The molecule has 0 aliphatic heterocycles. The van der Waals surface area contributed by atoms with E-state index in [1.54, 1.807) is 45.2 Å². The lowest BCUT2D eigenvalue weighted by Gasteiger charge is -2.26. The summed E-state index contributed by atoms with van der Waals surface area (Å²) in [5, 5.41) is 5.90. The smallest absolute Gasteiger partial charge is 0.387 e. The van der Waals surface area contributed by atoms with E-state index in [0.29, 0.717) is 41.2 Å². The van der Waals surface area contributed by atoms with Crippen LogP contribution in [0.4, 0.5) is 31.8 Å². The van der Waals surface area contributed by atoms with Crippen LogP contribution in [0.1, 0.15) is 13.8 Å². The number of hydrogen-bond acceptors (Lipinski definition) is 9. The Kier molecular flexibility index (Phi) is 10.1. The molecule has 0 fully saturated rings. The molecule has 2 heterocycles. The third-order valence-electron chi connectivity index (χ3n) is 7.14. The predicted molar refractivity (Wildman–Crippen MR) is 173 cm³/mol. The summed E-state index contributed by atoms with van der Waals surface area (Å²) in [6.45, 7) is 4.85. The molecule has 240 valence electrons. The topological polar surface area (TPSA) is 122 Å². The van der Waals surface area contributed by atoms with Crippen LogP contribution in [0.5, 0.6) is 5.75 Å². The Morgan fingerprint density at radius 1 is 1.11 bits per heavy atom. The average Bonchev–Trinajstić information content (AvgIpc) is 3.32. The number of sulfone groups is 1. The number of aromatic nitrogens is 3. The zero-order chi connectivity index (χ0) is 33.1. The number of nitrogens with zero attached hydrogens (tertiary/aromatic N) is 5. The van der Waals surface area contributed by atoms with E-state index in [1.807, 2.05) is 41.7 Å². The van der Waals surface area contributed by atoms with Crippen molar-refractivity contribution in [1.29, 1.82) is 0 Å². The summed E-state index contributed by atoms with van der Waals surface area (Å²) in [5.74, 6) is -0.576. The maximum absolute atomic E-state index is 13.5. The van der Waals surface area contributed by atoms with E-state index in [1.165, 1.54) is 18.3 Å². The van der Waals surface area contributed by atoms with E-state index >= 15 is 0 Å². The first kappa shape index (κ1) is 33.3. The van der Waals surface area contributed by atoms with E-state index in [9.17, 15) is 22.0 Å². The number of benzene rings is 2. The highest BCUT2D eigenvalue weighted by Crippen LogP contribution is 2.39. The Balaban J connectivity index is 1.76. The molecular weight excluding hydrogens is 604 g/mol. The molecule has 4 aromatic rings. The number of hydrogen-bond donors (Lipinski definition) is 2. The van der Waals surface area contributed by atoms with Crippen molar-refractivity contribution >= 4 is 49.7 Å². The SMILES string of the molecule is C=CC(=O)Nc1cc(Nc2nccc(-c3cn(C)c4cc(S(=O)(=O)C(C)C)ccc34)n2)c(OC(F)F)cc1N(C)CCN(C)C. The van der Waals surface area contributed by atoms with Gasteiger partial charge in [0, 0.05) is 62.1 Å². The van der Waals surface area contributed by atoms with Crippen molar-refractivity contribution in [1.82, 2.24) is 19.4 Å². The van der Waals surface area contributed by atoms with E-state index in [0.717, 1.165) is 11.5 Å². The summed E-state index contributed by atoms with van der Waals surface area (Å²) in [5.41, 5.74) is 2.81. The number of carbonyl (C=O) groups is 1. The van der Waals surface area contributed by atoms with Gasteiger partial charge in [-0.2, -0.15) is 8.78 Å². The van der Waals surface area contributed by atoms with E-state index in [-0.39, 0.29) is 22.3 Å². The third kappa shape index (κ3) is 7.57. The predicted octanol–water partition coefficient (Wildman–Crippen LogP) is 5.28. The maximum atomic E-state index is 13.5. The van der Waals surface area contributed by atoms with Gasteiger partial charge in [-0.05, 0) is 58.3 Å².